The van der Waals surface area contributed by atoms with Crippen LogP contribution in [0.5, 0.6) is 5.75 Å². The molecule has 2 aromatic rings. The summed E-state index contributed by atoms with van der Waals surface area (Å²) >= 11 is 0. The molecule has 0 spiro atoms. The Morgan fingerprint density at radius 2 is 1.81 bits per heavy atom. The van der Waals surface area contributed by atoms with Gasteiger partial charge in [-0.25, -0.2) is 4.39 Å². The zero-order chi connectivity index (χ0) is 15.1. The van der Waals surface area contributed by atoms with Gasteiger partial charge in [-0.1, -0.05) is 32.0 Å². The van der Waals surface area contributed by atoms with E-state index in [1.807, 2.05) is 37.3 Å². The van der Waals surface area contributed by atoms with Crippen molar-refractivity contribution in [1.29, 1.82) is 0 Å². The Labute approximate surface area is 126 Å². The third-order valence-electron chi connectivity index (χ3n) is 3.27. The van der Waals surface area contributed by atoms with Crippen LogP contribution in [0.25, 0.3) is 11.1 Å². The first kappa shape index (κ1) is 15.5. The van der Waals surface area contributed by atoms with Crippen LogP contribution in [0.3, 0.4) is 0 Å². The summed E-state index contributed by atoms with van der Waals surface area (Å²) in [6.45, 7) is 6.37. The molecule has 0 aliphatic heterocycles. The van der Waals surface area contributed by atoms with Crippen LogP contribution in [-0.4, -0.2) is 13.2 Å². The highest BCUT2D eigenvalue weighted by atomic mass is 19.1. The fraction of sp³-hybridized carbons (Fsp3) is 0.333. The molecule has 0 heterocycles. The molecule has 0 aromatic heterocycles. The Kier molecular flexibility index (Phi) is 5.76. The Bertz CT molecular complexity index is 566. The maximum atomic E-state index is 13.4. The van der Waals surface area contributed by atoms with Crippen molar-refractivity contribution >= 4 is 0 Å². The zero-order valence-electron chi connectivity index (χ0n) is 12.7. The van der Waals surface area contributed by atoms with Crippen molar-refractivity contribution in [2.24, 2.45) is 0 Å². The largest absolute Gasteiger partial charge is 0.494 e. The first-order valence-electron chi connectivity index (χ1n) is 7.47. The van der Waals surface area contributed by atoms with Crippen LogP contribution in [0.4, 0.5) is 4.39 Å². The Morgan fingerprint density at radius 1 is 1.05 bits per heavy atom. The summed E-state index contributed by atoms with van der Waals surface area (Å²) in [5.74, 6) is 0.672. The van der Waals surface area contributed by atoms with Gasteiger partial charge in [0.25, 0.3) is 0 Å². The molecule has 0 radical (unpaired) electrons. The molecule has 0 aliphatic rings. The van der Waals surface area contributed by atoms with Crippen LogP contribution < -0.4 is 10.1 Å². The van der Waals surface area contributed by atoms with Crippen LogP contribution in [0, 0.1) is 5.82 Å². The van der Waals surface area contributed by atoms with E-state index in [9.17, 15) is 4.39 Å². The van der Waals surface area contributed by atoms with Crippen molar-refractivity contribution in [2.45, 2.75) is 26.8 Å². The molecule has 3 heteroatoms. The number of rotatable bonds is 7. The predicted molar refractivity (Wildman–Crippen MR) is 85.0 cm³/mol. The summed E-state index contributed by atoms with van der Waals surface area (Å²) in [5.41, 5.74) is 3.10. The van der Waals surface area contributed by atoms with Crippen molar-refractivity contribution in [3.8, 4) is 16.9 Å². The molecule has 0 amide bonds. The maximum Gasteiger partial charge on any atom is 0.123 e. The summed E-state index contributed by atoms with van der Waals surface area (Å²) in [4.78, 5) is 0. The molecule has 0 atom stereocenters. The topological polar surface area (TPSA) is 21.3 Å². The molecule has 2 nitrogen and oxygen atoms in total. The van der Waals surface area contributed by atoms with Crippen molar-refractivity contribution in [1.82, 2.24) is 5.32 Å². The van der Waals surface area contributed by atoms with Crippen molar-refractivity contribution < 1.29 is 9.13 Å². The molecule has 0 aliphatic carbocycles. The average molecular weight is 287 g/mol. The first-order chi connectivity index (χ1) is 10.2. The van der Waals surface area contributed by atoms with Crippen LogP contribution >= 0.6 is 0 Å². The summed E-state index contributed by atoms with van der Waals surface area (Å²) in [7, 11) is 0. The zero-order valence-corrected chi connectivity index (χ0v) is 12.7. The lowest BCUT2D eigenvalue weighted by Crippen LogP contribution is -2.12. The summed E-state index contributed by atoms with van der Waals surface area (Å²) in [6.07, 6.45) is 0.993. The van der Waals surface area contributed by atoms with Crippen LogP contribution in [0.2, 0.25) is 0 Å². The molecule has 112 valence electrons. The predicted octanol–water partition coefficient (Wildman–Crippen LogP) is 4.39. The second-order valence-electron chi connectivity index (χ2n) is 4.95. The van der Waals surface area contributed by atoms with Crippen molar-refractivity contribution in [3.05, 3.63) is 53.8 Å². The summed E-state index contributed by atoms with van der Waals surface area (Å²) in [5, 5.41) is 3.25. The summed E-state index contributed by atoms with van der Waals surface area (Å²) < 4.78 is 19.0. The number of benzene rings is 2. The molecule has 0 unspecified atom stereocenters. The van der Waals surface area contributed by atoms with E-state index < -0.39 is 0 Å². The highest BCUT2D eigenvalue weighted by Gasteiger charge is 2.07. The Balaban J connectivity index is 2.24. The van der Waals surface area contributed by atoms with E-state index in [0.29, 0.717) is 6.54 Å². The van der Waals surface area contributed by atoms with Gasteiger partial charge in [-0.3, -0.25) is 0 Å². The first-order valence-corrected chi connectivity index (χ1v) is 7.47. The second-order valence-corrected chi connectivity index (χ2v) is 4.95. The van der Waals surface area contributed by atoms with Crippen molar-refractivity contribution in [2.75, 3.05) is 13.2 Å². The van der Waals surface area contributed by atoms with Gasteiger partial charge in [0.2, 0.25) is 0 Å². The van der Waals surface area contributed by atoms with Gasteiger partial charge in [-0.15, -0.1) is 0 Å². The fourth-order valence-electron chi connectivity index (χ4n) is 2.20. The lowest BCUT2D eigenvalue weighted by Gasteiger charge is -2.11. The number of halogens is 1. The van der Waals surface area contributed by atoms with Gasteiger partial charge in [0, 0.05) is 6.54 Å². The van der Waals surface area contributed by atoms with Gasteiger partial charge >= 0.3 is 0 Å². The molecule has 0 saturated heterocycles. The molecule has 2 rings (SSSR count). The van der Waals surface area contributed by atoms with Crippen LogP contribution in [0.1, 0.15) is 25.8 Å². The molecule has 0 bridgehead atoms. The SMILES string of the molecule is CCCOc1ccc(-c2ccc(F)cc2CNCC)cc1. The molecular formula is C18H22FNO. The Morgan fingerprint density at radius 3 is 2.48 bits per heavy atom. The van der Waals surface area contributed by atoms with E-state index in [-0.39, 0.29) is 5.82 Å². The van der Waals surface area contributed by atoms with Crippen LogP contribution in [-0.2, 0) is 6.54 Å². The lowest BCUT2D eigenvalue weighted by molar-refractivity contribution is 0.317. The highest BCUT2D eigenvalue weighted by Crippen LogP contribution is 2.26. The summed E-state index contributed by atoms with van der Waals surface area (Å²) in [6, 6.07) is 12.9. The van der Waals surface area contributed by atoms with Gasteiger partial charge in [0.15, 0.2) is 0 Å². The van der Waals surface area contributed by atoms with E-state index in [1.54, 1.807) is 6.07 Å². The van der Waals surface area contributed by atoms with E-state index in [4.69, 9.17) is 4.74 Å². The molecule has 0 saturated carbocycles. The van der Waals surface area contributed by atoms with E-state index in [0.717, 1.165) is 42.0 Å². The van der Waals surface area contributed by atoms with Gasteiger partial charge in [0.1, 0.15) is 11.6 Å². The number of ether oxygens (including phenoxy) is 1. The standard InChI is InChI=1S/C18H22FNO/c1-3-11-21-17-8-5-14(6-9-17)18-10-7-16(19)12-15(18)13-20-4-2/h5-10,12,20H,3-4,11,13H2,1-2H3. The molecule has 2 aromatic carbocycles. The number of hydrogen-bond donors (Lipinski definition) is 1. The van der Waals surface area contributed by atoms with Gasteiger partial charge in [0.05, 0.1) is 6.61 Å². The number of nitrogens with one attached hydrogen (secondary N) is 1. The van der Waals surface area contributed by atoms with Crippen molar-refractivity contribution in [3.63, 3.8) is 0 Å². The van der Waals surface area contributed by atoms with Crippen LogP contribution in [0.15, 0.2) is 42.5 Å². The normalized spacial score (nSPS) is 10.6. The lowest BCUT2D eigenvalue weighted by atomic mass is 9.99. The Hall–Kier alpha value is -1.87. The third kappa shape index (κ3) is 4.30. The minimum atomic E-state index is -0.199. The molecule has 1 N–H and O–H groups in total. The van der Waals surface area contributed by atoms with Gasteiger partial charge < -0.3 is 10.1 Å². The molecule has 21 heavy (non-hydrogen) atoms. The van der Waals surface area contributed by atoms with E-state index in [1.165, 1.54) is 6.07 Å². The molecule has 0 fully saturated rings. The highest BCUT2D eigenvalue weighted by molar-refractivity contribution is 5.68. The maximum absolute atomic E-state index is 13.4. The fourth-order valence-corrected chi connectivity index (χ4v) is 2.20. The van der Waals surface area contributed by atoms with E-state index in [2.05, 4.69) is 12.2 Å². The van der Waals surface area contributed by atoms with Gasteiger partial charge in [-0.2, -0.15) is 0 Å². The van der Waals surface area contributed by atoms with Gasteiger partial charge in [-0.05, 0) is 53.9 Å². The third-order valence-corrected chi connectivity index (χ3v) is 3.27. The second kappa shape index (κ2) is 7.79. The minimum Gasteiger partial charge on any atom is -0.494 e. The molecular weight excluding hydrogens is 265 g/mol. The number of hydrogen-bond acceptors (Lipinski definition) is 2. The average Bonchev–Trinajstić information content (AvgIpc) is 2.51. The minimum absolute atomic E-state index is 0.199. The monoisotopic (exact) mass is 287 g/mol. The quantitative estimate of drug-likeness (QED) is 0.815. The smallest absolute Gasteiger partial charge is 0.123 e. The van der Waals surface area contributed by atoms with E-state index >= 15 is 0 Å².